The van der Waals surface area contributed by atoms with Crippen molar-refractivity contribution in [3.05, 3.63) is 11.3 Å². The Balaban J connectivity index is 1.74. The molecule has 3 nitrogen and oxygen atoms in total. The Labute approximate surface area is 121 Å². The van der Waals surface area contributed by atoms with Crippen LogP contribution in [0.25, 0.3) is 0 Å². The topological polar surface area (TPSA) is 52.0 Å². The summed E-state index contributed by atoms with van der Waals surface area (Å²) in [4.78, 5) is 0. The molecule has 110 valence electrons. The minimum atomic E-state index is 0.306. The first kappa shape index (κ1) is 12.7. The maximum atomic E-state index is 6.08. The second-order valence-corrected chi connectivity index (χ2v) is 8.17. The number of hydrogen-bond acceptors (Lipinski definition) is 3. The van der Waals surface area contributed by atoms with Crippen LogP contribution in [0.4, 0.5) is 5.88 Å². The molecular formula is C17H26N2O. The van der Waals surface area contributed by atoms with Crippen molar-refractivity contribution in [2.45, 2.75) is 64.2 Å². The van der Waals surface area contributed by atoms with E-state index in [1.807, 2.05) is 0 Å². The fraction of sp³-hybridized carbons (Fsp3) is 0.824. The number of nitrogens with zero attached hydrogens (tertiary/aromatic N) is 1. The van der Waals surface area contributed by atoms with Gasteiger partial charge in [0.05, 0.1) is 5.69 Å². The summed E-state index contributed by atoms with van der Waals surface area (Å²) in [6, 6.07) is 0. The Morgan fingerprint density at radius 2 is 1.70 bits per heavy atom. The van der Waals surface area contributed by atoms with Crippen LogP contribution in [0.5, 0.6) is 0 Å². The third kappa shape index (κ3) is 1.82. The summed E-state index contributed by atoms with van der Waals surface area (Å²) in [6.45, 7) is 4.49. The van der Waals surface area contributed by atoms with Gasteiger partial charge in [0.1, 0.15) is 0 Å². The molecule has 5 rings (SSSR count). The Morgan fingerprint density at radius 1 is 1.15 bits per heavy atom. The van der Waals surface area contributed by atoms with Gasteiger partial charge in [-0.3, -0.25) is 0 Å². The normalized spacial score (nSPS) is 38.9. The van der Waals surface area contributed by atoms with Crippen LogP contribution in [0, 0.1) is 23.7 Å². The maximum Gasteiger partial charge on any atom is 0.225 e. The standard InChI is InChI=1S/C17H26N2O/c1-10(2)3-14-15(19-20-16(14)18)17-7-11-4-12(8-17)6-13(5-11)9-17/h10-13H,3-9,18H2,1-2H3. The highest BCUT2D eigenvalue weighted by Crippen LogP contribution is 2.61. The second kappa shape index (κ2) is 4.25. The number of rotatable bonds is 3. The summed E-state index contributed by atoms with van der Waals surface area (Å²) in [5, 5.41) is 4.46. The highest BCUT2D eigenvalue weighted by atomic mass is 16.5. The molecule has 4 bridgehead atoms. The zero-order valence-corrected chi connectivity index (χ0v) is 12.7. The van der Waals surface area contributed by atoms with E-state index >= 15 is 0 Å². The van der Waals surface area contributed by atoms with Crippen molar-refractivity contribution in [2.24, 2.45) is 23.7 Å². The summed E-state index contributed by atoms with van der Waals surface area (Å²) < 4.78 is 5.41. The average Bonchev–Trinajstić information content (AvgIpc) is 2.69. The van der Waals surface area contributed by atoms with E-state index in [0.29, 0.717) is 17.2 Å². The van der Waals surface area contributed by atoms with E-state index in [9.17, 15) is 0 Å². The predicted octanol–water partition coefficient (Wildman–Crippen LogP) is 3.92. The van der Waals surface area contributed by atoms with Crippen molar-refractivity contribution >= 4 is 5.88 Å². The van der Waals surface area contributed by atoms with Gasteiger partial charge in [-0.15, -0.1) is 0 Å². The zero-order valence-electron chi connectivity index (χ0n) is 12.7. The first-order valence-corrected chi connectivity index (χ1v) is 8.30. The Bertz CT molecular complexity index is 482. The van der Waals surface area contributed by atoms with Gasteiger partial charge < -0.3 is 10.3 Å². The molecule has 0 amide bonds. The molecular weight excluding hydrogens is 248 g/mol. The van der Waals surface area contributed by atoms with Gasteiger partial charge in [0, 0.05) is 11.0 Å². The minimum absolute atomic E-state index is 0.306. The SMILES string of the molecule is CC(C)Cc1c(C23CC4CC(CC(C4)C2)C3)noc1N. The Hall–Kier alpha value is -0.990. The molecule has 2 N–H and O–H groups in total. The molecule has 4 fully saturated rings. The number of hydrogen-bond donors (Lipinski definition) is 1. The van der Waals surface area contributed by atoms with Gasteiger partial charge in [0.15, 0.2) is 0 Å². The lowest BCUT2D eigenvalue weighted by atomic mass is 9.48. The van der Waals surface area contributed by atoms with Crippen LogP contribution in [-0.4, -0.2) is 5.16 Å². The van der Waals surface area contributed by atoms with Crippen molar-refractivity contribution in [1.29, 1.82) is 0 Å². The summed E-state index contributed by atoms with van der Waals surface area (Å²) in [5.74, 6) is 3.98. The Morgan fingerprint density at radius 3 is 2.20 bits per heavy atom. The molecule has 0 radical (unpaired) electrons. The van der Waals surface area contributed by atoms with E-state index in [1.54, 1.807) is 0 Å². The molecule has 4 saturated carbocycles. The first-order valence-electron chi connectivity index (χ1n) is 8.30. The van der Waals surface area contributed by atoms with Crippen LogP contribution in [0.1, 0.15) is 63.6 Å². The van der Waals surface area contributed by atoms with E-state index in [0.717, 1.165) is 24.2 Å². The smallest absolute Gasteiger partial charge is 0.225 e. The van der Waals surface area contributed by atoms with E-state index < -0.39 is 0 Å². The van der Waals surface area contributed by atoms with Gasteiger partial charge in [-0.05, 0) is 68.6 Å². The Kier molecular flexibility index (Phi) is 2.71. The van der Waals surface area contributed by atoms with Gasteiger partial charge >= 0.3 is 0 Å². The third-order valence-corrected chi connectivity index (χ3v) is 5.97. The molecule has 4 aliphatic carbocycles. The quantitative estimate of drug-likeness (QED) is 0.908. The first-order chi connectivity index (χ1) is 9.56. The largest absolute Gasteiger partial charge is 0.367 e. The van der Waals surface area contributed by atoms with Crippen molar-refractivity contribution in [2.75, 3.05) is 5.73 Å². The minimum Gasteiger partial charge on any atom is -0.367 e. The van der Waals surface area contributed by atoms with Gasteiger partial charge in [0.25, 0.3) is 0 Å². The van der Waals surface area contributed by atoms with Crippen molar-refractivity contribution in [1.82, 2.24) is 5.16 Å². The summed E-state index contributed by atoms with van der Waals surface area (Å²) in [7, 11) is 0. The highest BCUT2D eigenvalue weighted by molar-refractivity contribution is 5.43. The molecule has 4 aliphatic rings. The summed E-state index contributed by atoms with van der Waals surface area (Å²) in [6.07, 6.45) is 9.39. The lowest BCUT2D eigenvalue weighted by molar-refractivity contribution is -0.00884. The van der Waals surface area contributed by atoms with Gasteiger partial charge in [-0.2, -0.15) is 0 Å². The number of anilines is 1. The van der Waals surface area contributed by atoms with Crippen LogP contribution in [0.15, 0.2) is 4.52 Å². The van der Waals surface area contributed by atoms with Gasteiger partial charge in [-0.1, -0.05) is 19.0 Å². The maximum absolute atomic E-state index is 6.08. The van der Waals surface area contributed by atoms with Crippen LogP contribution in [-0.2, 0) is 11.8 Å². The zero-order chi connectivity index (χ0) is 13.9. The van der Waals surface area contributed by atoms with Crippen molar-refractivity contribution in [3.63, 3.8) is 0 Å². The van der Waals surface area contributed by atoms with E-state index in [2.05, 4.69) is 19.0 Å². The monoisotopic (exact) mass is 274 g/mol. The molecule has 0 aromatic carbocycles. The van der Waals surface area contributed by atoms with Crippen molar-refractivity contribution in [3.8, 4) is 0 Å². The van der Waals surface area contributed by atoms with Gasteiger partial charge in [0.2, 0.25) is 5.88 Å². The van der Waals surface area contributed by atoms with Crippen LogP contribution in [0.3, 0.4) is 0 Å². The molecule has 3 heteroatoms. The van der Waals surface area contributed by atoms with Crippen LogP contribution >= 0.6 is 0 Å². The summed E-state index contributed by atoms with van der Waals surface area (Å²) in [5.41, 5.74) is 8.85. The van der Waals surface area contributed by atoms with Gasteiger partial charge in [-0.25, -0.2) is 0 Å². The fourth-order valence-electron chi connectivity index (χ4n) is 5.74. The second-order valence-electron chi connectivity index (χ2n) is 8.17. The molecule has 1 aromatic heterocycles. The van der Waals surface area contributed by atoms with Crippen molar-refractivity contribution < 1.29 is 4.52 Å². The molecule has 20 heavy (non-hydrogen) atoms. The van der Waals surface area contributed by atoms with E-state index in [1.165, 1.54) is 49.8 Å². The van der Waals surface area contributed by atoms with Crippen LogP contribution in [0.2, 0.25) is 0 Å². The third-order valence-electron chi connectivity index (χ3n) is 5.97. The molecule has 0 atom stereocenters. The molecule has 1 heterocycles. The number of nitrogens with two attached hydrogens (primary N) is 1. The average molecular weight is 274 g/mol. The number of nitrogen functional groups attached to an aromatic ring is 1. The molecule has 1 aromatic rings. The summed E-state index contributed by atoms with van der Waals surface area (Å²) >= 11 is 0. The highest BCUT2D eigenvalue weighted by Gasteiger charge is 2.53. The van der Waals surface area contributed by atoms with Crippen LogP contribution < -0.4 is 5.73 Å². The van der Waals surface area contributed by atoms with E-state index in [-0.39, 0.29) is 0 Å². The lowest BCUT2D eigenvalue weighted by Crippen LogP contribution is -2.49. The number of aromatic nitrogens is 1. The fourth-order valence-corrected chi connectivity index (χ4v) is 5.74. The molecule has 0 aliphatic heterocycles. The lowest BCUT2D eigenvalue weighted by Gasteiger charge is -2.56. The predicted molar refractivity (Wildman–Crippen MR) is 79.3 cm³/mol. The molecule has 0 saturated heterocycles. The molecule has 0 unspecified atom stereocenters. The molecule has 0 spiro atoms. The van der Waals surface area contributed by atoms with E-state index in [4.69, 9.17) is 10.3 Å².